The molecule has 120 valence electrons. The molecule has 0 aliphatic rings. The minimum absolute atomic E-state index is 0.334. The molecule has 0 amide bonds. The van der Waals surface area contributed by atoms with Gasteiger partial charge in [0.15, 0.2) is 5.82 Å². The highest BCUT2D eigenvalue weighted by Gasteiger charge is 2.17. The van der Waals surface area contributed by atoms with Crippen molar-refractivity contribution in [1.29, 1.82) is 0 Å². The Morgan fingerprint density at radius 1 is 1.26 bits per heavy atom. The molecule has 3 rings (SSSR count). The average Bonchev–Trinajstić information content (AvgIpc) is 3.16. The number of aromatic amines is 2. The number of benzene rings is 1. The molecule has 8 heteroatoms. The van der Waals surface area contributed by atoms with Crippen LogP contribution in [0.1, 0.15) is 11.4 Å². The Kier molecular flexibility index (Phi) is 3.88. The summed E-state index contributed by atoms with van der Waals surface area (Å²) in [5.41, 5.74) is 1.41. The molecule has 23 heavy (non-hydrogen) atoms. The third-order valence-electron chi connectivity index (χ3n) is 3.61. The van der Waals surface area contributed by atoms with Crippen molar-refractivity contribution in [1.82, 2.24) is 24.7 Å². The molecule has 2 aromatic heterocycles. The van der Waals surface area contributed by atoms with Crippen LogP contribution in [0.25, 0.3) is 11.4 Å². The first-order chi connectivity index (χ1) is 11.1. The highest BCUT2D eigenvalue weighted by molar-refractivity contribution is 5.69. The van der Waals surface area contributed by atoms with Crippen LogP contribution >= 0.6 is 0 Å². The summed E-state index contributed by atoms with van der Waals surface area (Å²) in [7, 11) is 3.24. The largest absolute Gasteiger partial charge is 0.496 e. The minimum atomic E-state index is -0.334. The van der Waals surface area contributed by atoms with E-state index in [0.717, 1.165) is 22.7 Å². The van der Waals surface area contributed by atoms with Crippen molar-refractivity contribution < 1.29 is 9.47 Å². The minimum Gasteiger partial charge on any atom is -0.496 e. The lowest BCUT2D eigenvalue weighted by Crippen LogP contribution is -2.06. The summed E-state index contributed by atoms with van der Waals surface area (Å²) < 4.78 is 12.8. The van der Waals surface area contributed by atoms with Crippen LogP contribution in [0.15, 0.2) is 29.3 Å². The molecule has 0 aliphatic carbocycles. The summed E-state index contributed by atoms with van der Waals surface area (Å²) in [5, 5.41) is 6.27. The monoisotopic (exact) mass is 315 g/mol. The second-order valence-corrected chi connectivity index (χ2v) is 4.98. The van der Waals surface area contributed by atoms with Crippen molar-refractivity contribution in [2.75, 3.05) is 14.2 Å². The van der Waals surface area contributed by atoms with Crippen molar-refractivity contribution in [3.05, 3.63) is 46.4 Å². The first-order valence-corrected chi connectivity index (χ1v) is 7.00. The van der Waals surface area contributed by atoms with Gasteiger partial charge in [0.05, 0.1) is 26.3 Å². The molecule has 0 bridgehead atoms. The lowest BCUT2D eigenvalue weighted by Gasteiger charge is -2.15. The quantitative estimate of drug-likeness (QED) is 0.740. The van der Waals surface area contributed by atoms with Crippen LogP contribution in [-0.4, -0.2) is 39.0 Å². The van der Waals surface area contributed by atoms with Gasteiger partial charge in [0, 0.05) is 18.0 Å². The molecule has 0 spiro atoms. The first kappa shape index (κ1) is 14.9. The zero-order valence-electron chi connectivity index (χ0n) is 13.1. The van der Waals surface area contributed by atoms with Crippen LogP contribution in [0.3, 0.4) is 0 Å². The summed E-state index contributed by atoms with van der Waals surface area (Å²) in [6, 6.07) is 3.78. The van der Waals surface area contributed by atoms with E-state index in [1.54, 1.807) is 20.4 Å². The molecule has 2 N–H and O–H groups in total. The van der Waals surface area contributed by atoms with E-state index in [2.05, 4.69) is 20.2 Å². The number of H-pyrrole nitrogens is 2. The van der Waals surface area contributed by atoms with Crippen molar-refractivity contribution >= 4 is 0 Å². The maximum atomic E-state index is 11.2. The number of rotatable bonds is 5. The van der Waals surface area contributed by atoms with Crippen molar-refractivity contribution in [2.24, 2.45) is 0 Å². The fourth-order valence-corrected chi connectivity index (χ4v) is 2.56. The Bertz CT molecular complexity index is 877. The second-order valence-electron chi connectivity index (χ2n) is 4.98. The van der Waals surface area contributed by atoms with Crippen molar-refractivity contribution in [2.45, 2.75) is 13.5 Å². The Labute approximate surface area is 132 Å². The molecule has 0 aliphatic heterocycles. The lowest BCUT2D eigenvalue weighted by atomic mass is 10.1. The van der Waals surface area contributed by atoms with Gasteiger partial charge in [-0.1, -0.05) is 0 Å². The number of hydrogen-bond acceptors (Lipinski definition) is 5. The fourth-order valence-electron chi connectivity index (χ4n) is 2.56. The predicted octanol–water partition coefficient (Wildman–Crippen LogP) is 1.34. The molecule has 0 unspecified atom stereocenters. The summed E-state index contributed by atoms with van der Waals surface area (Å²) in [6.07, 6.45) is 3.51. The zero-order chi connectivity index (χ0) is 16.4. The van der Waals surface area contributed by atoms with Gasteiger partial charge in [-0.2, -0.15) is 5.10 Å². The van der Waals surface area contributed by atoms with Gasteiger partial charge in [-0.25, -0.2) is 14.9 Å². The van der Waals surface area contributed by atoms with E-state index in [9.17, 15) is 4.79 Å². The second kappa shape index (κ2) is 5.99. The molecule has 8 nitrogen and oxygen atoms in total. The van der Waals surface area contributed by atoms with Gasteiger partial charge in [0.2, 0.25) is 0 Å². The zero-order valence-corrected chi connectivity index (χ0v) is 13.1. The summed E-state index contributed by atoms with van der Waals surface area (Å²) >= 11 is 0. The van der Waals surface area contributed by atoms with Crippen LogP contribution in [0.2, 0.25) is 0 Å². The third-order valence-corrected chi connectivity index (χ3v) is 3.61. The molecule has 0 saturated heterocycles. The standard InChI is InChI=1S/C15H17N5O3/c1-9-11(22-2)5-4-10(13(9)23-3)14-16-6-7-20(14)8-12-17-15(21)19-18-12/h4-7H,8H2,1-3H3,(H2,17,18,19,21). The molecule has 2 heterocycles. The van der Waals surface area contributed by atoms with E-state index in [4.69, 9.17) is 9.47 Å². The normalized spacial score (nSPS) is 10.7. The molecule has 1 aromatic carbocycles. The highest BCUT2D eigenvalue weighted by Crippen LogP contribution is 2.37. The van der Waals surface area contributed by atoms with Crippen LogP contribution in [0.4, 0.5) is 0 Å². The van der Waals surface area contributed by atoms with E-state index in [1.165, 1.54) is 0 Å². The SMILES string of the molecule is COc1ccc(-c2nccn2Cc2n[nH]c(=O)[nH]2)c(OC)c1C. The number of hydrogen-bond donors (Lipinski definition) is 2. The van der Waals surface area contributed by atoms with E-state index in [1.807, 2.05) is 29.8 Å². The van der Waals surface area contributed by atoms with E-state index >= 15 is 0 Å². The number of ether oxygens (including phenoxy) is 2. The average molecular weight is 315 g/mol. The molecular weight excluding hydrogens is 298 g/mol. The fraction of sp³-hybridized carbons (Fsp3) is 0.267. The number of aromatic nitrogens is 5. The van der Waals surface area contributed by atoms with Gasteiger partial charge in [0.1, 0.15) is 17.3 Å². The van der Waals surface area contributed by atoms with Crippen molar-refractivity contribution in [3.63, 3.8) is 0 Å². The maximum Gasteiger partial charge on any atom is 0.340 e. The van der Waals surface area contributed by atoms with Gasteiger partial charge >= 0.3 is 5.69 Å². The first-order valence-electron chi connectivity index (χ1n) is 7.00. The Balaban J connectivity index is 2.05. The lowest BCUT2D eigenvalue weighted by molar-refractivity contribution is 0.389. The van der Waals surface area contributed by atoms with Gasteiger partial charge in [0.25, 0.3) is 0 Å². The van der Waals surface area contributed by atoms with Gasteiger partial charge in [-0.3, -0.25) is 4.98 Å². The van der Waals surface area contributed by atoms with Gasteiger partial charge in [-0.15, -0.1) is 0 Å². The number of methoxy groups -OCH3 is 2. The maximum absolute atomic E-state index is 11.2. The smallest absolute Gasteiger partial charge is 0.340 e. The predicted molar refractivity (Wildman–Crippen MR) is 83.8 cm³/mol. The van der Waals surface area contributed by atoms with E-state index < -0.39 is 0 Å². The molecular formula is C15H17N5O3. The van der Waals surface area contributed by atoms with Gasteiger partial charge in [-0.05, 0) is 19.1 Å². The van der Waals surface area contributed by atoms with Crippen LogP contribution in [0.5, 0.6) is 11.5 Å². The summed E-state index contributed by atoms with van der Waals surface area (Å²) in [5.74, 6) is 2.70. The number of nitrogens with one attached hydrogen (secondary N) is 2. The Hall–Kier alpha value is -3.03. The number of imidazole rings is 1. The van der Waals surface area contributed by atoms with Crippen LogP contribution < -0.4 is 15.2 Å². The summed E-state index contributed by atoms with van der Waals surface area (Å²) in [6.45, 7) is 2.32. The number of nitrogens with zero attached hydrogens (tertiary/aromatic N) is 3. The van der Waals surface area contributed by atoms with E-state index in [0.29, 0.717) is 18.1 Å². The Morgan fingerprint density at radius 2 is 2.09 bits per heavy atom. The molecule has 0 saturated carbocycles. The van der Waals surface area contributed by atoms with E-state index in [-0.39, 0.29) is 5.69 Å². The van der Waals surface area contributed by atoms with Crippen LogP contribution in [-0.2, 0) is 6.54 Å². The Morgan fingerprint density at radius 3 is 2.74 bits per heavy atom. The summed E-state index contributed by atoms with van der Waals surface area (Å²) in [4.78, 5) is 18.2. The third kappa shape index (κ3) is 2.70. The molecule has 0 atom stereocenters. The van der Waals surface area contributed by atoms with Crippen molar-refractivity contribution in [3.8, 4) is 22.9 Å². The topological polar surface area (TPSA) is 97.8 Å². The highest BCUT2D eigenvalue weighted by atomic mass is 16.5. The molecule has 3 aromatic rings. The molecule has 0 radical (unpaired) electrons. The molecule has 0 fully saturated rings. The van der Waals surface area contributed by atoms with Gasteiger partial charge < -0.3 is 14.0 Å². The van der Waals surface area contributed by atoms with Crippen LogP contribution in [0, 0.1) is 6.92 Å².